The molecule has 0 aliphatic rings. The van der Waals surface area contributed by atoms with Crippen LogP contribution in [0.4, 0.5) is 0 Å². The summed E-state index contributed by atoms with van der Waals surface area (Å²) in [5.74, 6) is 1.16. The fourth-order valence-corrected chi connectivity index (χ4v) is 3.65. The summed E-state index contributed by atoms with van der Waals surface area (Å²) in [5, 5.41) is 3.82. The zero-order chi connectivity index (χ0) is 16.0. The van der Waals surface area contributed by atoms with Crippen LogP contribution in [-0.2, 0) is 0 Å². The highest BCUT2D eigenvalue weighted by molar-refractivity contribution is 6.56. The van der Waals surface area contributed by atoms with Crippen molar-refractivity contribution in [2.45, 2.75) is 0 Å². The summed E-state index contributed by atoms with van der Waals surface area (Å²) < 4.78 is 11.1. The molecule has 0 bridgehead atoms. The van der Waals surface area contributed by atoms with Crippen molar-refractivity contribution in [1.82, 2.24) is 0 Å². The first-order valence-corrected chi connectivity index (χ1v) is 7.82. The molecular weight excluding hydrogens is 366 g/mol. The van der Waals surface area contributed by atoms with Gasteiger partial charge >= 0.3 is 0 Å². The zero-order valence-corrected chi connectivity index (χ0v) is 14.7. The van der Waals surface area contributed by atoms with Crippen LogP contribution in [0.5, 0.6) is 11.5 Å². The van der Waals surface area contributed by atoms with Gasteiger partial charge in [-0.15, -0.1) is 0 Å². The second-order valence-electron chi connectivity index (χ2n) is 4.62. The minimum absolute atomic E-state index is 0.191. The van der Waals surface area contributed by atoms with Gasteiger partial charge in [0.1, 0.15) is 11.5 Å². The molecule has 0 aromatic heterocycles. The number of hydrogen-bond acceptors (Lipinski definition) is 2. The molecule has 0 atom stereocenters. The fraction of sp³-hybridized carbons (Fsp3) is 0.125. The van der Waals surface area contributed by atoms with Crippen molar-refractivity contribution in [3.63, 3.8) is 0 Å². The van der Waals surface area contributed by atoms with Gasteiger partial charge in [-0.25, -0.2) is 0 Å². The molecular formula is C16H10Cl4O2. The summed E-state index contributed by atoms with van der Waals surface area (Å²) in [4.78, 5) is 0. The standard InChI is InChI=1S/C16H10Cl4O2/c1-21-15-7-5-3-4-6-8(7)16(22-2)10-9(15)11(17)13(19)14(20)12(10)18/h3-6H,1-2H3. The molecule has 0 radical (unpaired) electrons. The van der Waals surface area contributed by atoms with E-state index >= 15 is 0 Å². The third kappa shape index (κ3) is 2.10. The maximum atomic E-state index is 6.41. The molecule has 0 N–H and O–H groups in total. The molecule has 0 saturated carbocycles. The summed E-state index contributed by atoms with van der Waals surface area (Å²) in [7, 11) is 3.14. The summed E-state index contributed by atoms with van der Waals surface area (Å²) >= 11 is 25.2. The van der Waals surface area contributed by atoms with Gasteiger partial charge in [0.25, 0.3) is 0 Å². The Morgan fingerprint density at radius 1 is 0.636 bits per heavy atom. The van der Waals surface area contributed by atoms with Gasteiger partial charge < -0.3 is 9.47 Å². The van der Waals surface area contributed by atoms with E-state index in [9.17, 15) is 0 Å². The highest BCUT2D eigenvalue weighted by Crippen LogP contribution is 2.52. The molecule has 3 rings (SSSR count). The average Bonchev–Trinajstić information content (AvgIpc) is 2.55. The van der Waals surface area contributed by atoms with E-state index in [1.54, 1.807) is 14.2 Å². The number of hydrogen-bond donors (Lipinski definition) is 0. The molecule has 0 amide bonds. The lowest BCUT2D eigenvalue weighted by Gasteiger charge is -2.18. The predicted octanol–water partition coefficient (Wildman–Crippen LogP) is 6.62. The van der Waals surface area contributed by atoms with Gasteiger partial charge in [0.2, 0.25) is 0 Å². The van der Waals surface area contributed by atoms with Crippen LogP contribution in [0.3, 0.4) is 0 Å². The van der Waals surface area contributed by atoms with Crippen LogP contribution < -0.4 is 9.47 Å². The normalized spacial score (nSPS) is 11.2. The lowest BCUT2D eigenvalue weighted by atomic mass is 10.00. The number of benzene rings is 3. The van der Waals surface area contributed by atoms with Crippen LogP contribution in [0, 0.1) is 0 Å². The molecule has 0 saturated heterocycles. The maximum absolute atomic E-state index is 6.41. The summed E-state index contributed by atoms with van der Waals surface area (Å²) in [6.45, 7) is 0. The van der Waals surface area contributed by atoms with Crippen LogP contribution in [0.1, 0.15) is 0 Å². The molecule has 22 heavy (non-hydrogen) atoms. The molecule has 2 nitrogen and oxygen atoms in total. The average molecular weight is 376 g/mol. The van der Waals surface area contributed by atoms with Crippen LogP contribution >= 0.6 is 46.4 Å². The molecule has 114 valence electrons. The molecule has 0 unspecified atom stereocenters. The quantitative estimate of drug-likeness (QED) is 0.284. The Bertz CT molecular complexity index is 832. The second-order valence-corrected chi connectivity index (χ2v) is 6.13. The monoisotopic (exact) mass is 374 g/mol. The summed E-state index contributed by atoms with van der Waals surface area (Å²) in [5.41, 5.74) is 0. The lowest BCUT2D eigenvalue weighted by molar-refractivity contribution is 0.417. The van der Waals surface area contributed by atoms with Crippen LogP contribution in [-0.4, -0.2) is 14.2 Å². The van der Waals surface area contributed by atoms with Crippen molar-refractivity contribution in [3.8, 4) is 11.5 Å². The van der Waals surface area contributed by atoms with Crippen molar-refractivity contribution in [2.75, 3.05) is 14.2 Å². The minimum atomic E-state index is 0.191. The Labute approximate surface area is 147 Å². The van der Waals surface area contributed by atoms with Crippen LogP contribution in [0.15, 0.2) is 24.3 Å². The Morgan fingerprint density at radius 3 is 1.32 bits per heavy atom. The Hall–Kier alpha value is -1.06. The van der Waals surface area contributed by atoms with Gasteiger partial charge in [0, 0.05) is 21.5 Å². The first-order chi connectivity index (χ1) is 10.5. The minimum Gasteiger partial charge on any atom is -0.495 e. The van der Waals surface area contributed by atoms with Crippen molar-refractivity contribution in [3.05, 3.63) is 44.4 Å². The highest BCUT2D eigenvalue weighted by Gasteiger charge is 2.24. The van der Waals surface area contributed by atoms with E-state index in [0.717, 1.165) is 10.8 Å². The third-order valence-electron chi connectivity index (χ3n) is 3.55. The van der Waals surface area contributed by atoms with Crippen molar-refractivity contribution in [1.29, 1.82) is 0 Å². The maximum Gasteiger partial charge on any atom is 0.136 e. The van der Waals surface area contributed by atoms with E-state index in [2.05, 4.69) is 0 Å². The SMILES string of the molecule is COc1c2ccccc2c(OC)c2c(Cl)c(Cl)c(Cl)c(Cl)c12. The molecule has 3 aromatic rings. The number of fused-ring (bicyclic) bond motifs is 2. The van der Waals surface area contributed by atoms with E-state index < -0.39 is 0 Å². The first-order valence-electron chi connectivity index (χ1n) is 6.31. The zero-order valence-electron chi connectivity index (χ0n) is 11.6. The van der Waals surface area contributed by atoms with Gasteiger partial charge in [0.15, 0.2) is 0 Å². The van der Waals surface area contributed by atoms with Crippen LogP contribution in [0.25, 0.3) is 21.5 Å². The largest absolute Gasteiger partial charge is 0.495 e. The lowest BCUT2D eigenvalue weighted by Crippen LogP contribution is -1.95. The Morgan fingerprint density at radius 2 is 1.00 bits per heavy atom. The van der Waals surface area contributed by atoms with Gasteiger partial charge in [-0.05, 0) is 0 Å². The van der Waals surface area contributed by atoms with Gasteiger partial charge in [-0.2, -0.15) is 0 Å². The number of halogens is 4. The Balaban J connectivity index is 2.74. The summed E-state index contributed by atoms with van der Waals surface area (Å²) in [6, 6.07) is 7.65. The number of rotatable bonds is 2. The van der Waals surface area contributed by atoms with Crippen LogP contribution in [0.2, 0.25) is 20.1 Å². The topological polar surface area (TPSA) is 18.5 Å². The smallest absolute Gasteiger partial charge is 0.136 e. The molecule has 0 heterocycles. The van der Waals surface area contributed by atoms with E-state index in [1.807, 2.05) is 24.3 Å². The highest BCUT2D eigenvalue weighted by atomic mass is 35.5. The first kappa shape index (κ1) is 15.8. The van der Waals surface area contributed by atoms with Crippen molar-refractivity contribution >= 4 is 67.9 Å². The second kappa shape index (κ2) is 5.86. The fourth-order valence-electron chi connectivity index (χ4n) is 2.63. The summed E-state index contributed by atoms with van der Waals surface area (Å²) in [6.07, 6.45) is 0. The van der Waals surface area contributed by atoms with E-state index in [1.165, 1.54) is 0 Å². The van der Waals surface area contributed by atoms with Crippen molar-refractivity contribution in [2.24, 2.45) is 0 Å². The molecule has 0 aliphatic carbocycles. The Kier molecular flexibility index (Phi) is 4.21. The molecule has 0 spiro atoms. The van der Waals surface area contributed by atoms with E-state index in [0.29, 0.717) is 22.3 Å². The number of methoxy groups -OCH3 is 2. The third-order valence-corrected chi connectivity index (χ3v) is 5.35. The van der Waals surface area contributed by atoms with E-state index in [-0.39, 0.29) is 20.1 Å². The molecule has 6 heteroatoms. The van der Waals surface area contributed by atoms with Gasteiger partial charge in [-0.3, -0.25) is 0 Å². The molecule has 3 aromatic carbocycles. The predicted molar refractivity (Wildman–Crippen MR) is 94.6 cm³/mol. The van der Waals surface area contributed by atoms with Crippen molar-refractivity contribution < 1.29 is 9.47 Å². The van der Waals surface area contributed by atoms with E-state index in [4.69, 9.17) is 55.9 Å². The van der Waals surface area contributed by atoms with Gasteiger partial charge in [0.05, 0.1) is 34.3 Å². The number of ether oxygens (including phenoxy) is 2. The van der Waals surface area contributed by atoms with Gasteiger partial charge in [-0.1, -0.05) is 70.7 Å². The molecule has 0 aliphatic heterocycles. The molecule has 0 fully saturated rings.